The van der Waals surface area contributed by atoms with Gasteiger partial charge in [-0.1, -0.05) is 12.1 Å². The van der Waals surface area contributed by atoms with Crippen LogP contribution in [0.15, 0.2) is 36.9 Å². The molecule has 6 nitrogen and oxygen atoms in total. The van der Waals surface area contributed by atoms with Crippen molar-refractivity contribution in [2.45, 2.75) is 32.4 Å². The minimum Gasteiger partial charge on any atom is -0.352 e. The Morgan fingerprint density at radius 3 is 2.91 bits per heavy atom. The molecule has 0 aliphatic carbocycles. The lowest BCUT2D eigenvalue weighted by atomic mass is 9.92. The average Bonchev–Trinajstić information content (AvgIpc) is 3.07. The smallest absolute Gasteiger partial charge is 0.223 e. The Kier molecular flexibility index (Phi) is 4.48. The minimum atomic E-state index is 0.130. The summed E-state index contributed by atoms with van der Waals surface area (Å²) in [6.45, 7) is 3.61. The summed E-state index contributed by atoms with van der Waals surface area (Å²) in [6.07, 6.45) is 5.00. The molecule has 0 unspecified atom stereocenters. The number of benzene rings is 1. The van der Waals surface area contributed by atoms with E-state index in [1.54, 1.807) is 11.0 Å². The van der Waals surface area contributed by atoms with Crippen molar-refractivity contribution < 1.29 is 4.79 Å². The van der Waals surface area contributed by atoms with Gasteiger partial charge in [0.05, 0.1) is 5.69 Å². The molecule has 1 aromatic carbocycles. The molecular weight excluding hydrogens is 278 g/mol. The van der Waals surface area contributed by atoms with Gasteiger partial charge in [-0.25, -0.2) is 9.67 Å². The number of nitrogens with zero attached hydrogens (tertiary/aromatic N) is 3. The maximum Gasteiger partial charge on any atom is 0.223 e. The van der Waals surface area contributed by atoms with E-state index in [0.29, 0.717) is 12.6 Å². The predicted octanol–water partition coefficient (Wildman–Crippen LogP) is 1.27. The van der Waals surface area contributed by atoms with Gasteiger partial charge in [-0.2, -0.15) is 5.10 Å². The van der Waals surface area contributed by atoms with E-state index < -0.39 is 0 Å². The van der Waals surface area contributed by atoms with E-state index in [9.17, 15) is 4.79 Å². The van der Waals surface area contributed by atoms with Crippen LogP contribution in [0, 0.1) is 5.92 Å². The number of nitrogens with one attached hydrogen (secondary N) is 2. The van der Waals surface area contributed by atoms with Crippen LogP contribution in [0.25, 0.3) is 5.69 Å². The molecule has 0 saturated carbocycles. The topological polar surface area (TPSA) is 71.8 Å². The van der Waals surface area contributed by atoms with Gasteiger partial charge in [-0.15, -0.1) is 0 Å². The van der Waals surface area contributed by atoms with Gasteiger partial charge in [0, 0.05) is 18.5 Å². The molecule has 0 bridgehead atoms. The van der Waals surface area contributed by atoms with Crippen LogP contribution in [0.2, 0.25) is 0 Å². The van der Waals surface area contributed by atoms with Gasteiger partial charge in [0.1, 0.15) is 12.7 Å². The van der Waals surface area contributed by atoms with Crippen molar-refractivity contribution in [2.24, 2.45) is 5.92 Å². The quantitative estimate of drug-likeness (QED) is 0.892. The molecule has 0 spiro atoms. The summed E-state index contributed by atoms with van der Waals surface area (Å²) in [7, 11) is 0. The lowest BCUT2D eigenvalue weighted by Gasteiger charge is -2.27. The Balaban J connectivity index is 1.54. The fraction of sp³-hybridized carbons (Fsp3) is 0.438. The molecule has 1 amide bonds. The third-order valence-corrected chi connectivity index (χ3v) is 4.08. The zero-order chi connectivity index (χ0) is 15.4. The van der Waals surface area contributed by atoms with E-state index in [4.69, 9.17) is 0 Å². The molecule has 1 saturated heterocycles. The van der Waals surface area contributed by atoms with Crippen LogP contribution in [-0.4, -0.2) is 33.3 Å². The number of aromatic nitrogens is 3. The van der Waals surface area contributed by atoms with Crippen molar-refractivity contribution in [3.63, 3.8) is 0 Å². The molecule has 22 heavy (non-hydrogen) atoms. The zero-order valence-corrected chi connectivity index (χ0v) is 12.7. The molecule has 1 aromatic heterocycles. The predicted molar refractivity (Wildman–Crippen MR) is 83.4 cm³/mol. The SMILES string of the molecule is C[C@H]1C[C@@H](C(=O)NCc2ccc(-n3cncn3)cc2)CCN1. The highest BCUT2D eigenvalue weighted by Crippen LogP contribution is 2.16. The zero-order valence-electron chi connectivity index (χ0n) is 12.7. The number of carbonyl (C=O) groups excluding carboxylic acids is 1. The molecule has 1 fully saturated rings. The Bertz CT molecular complexity index is 608. The fourth-order valence-corrected chi connectivity index (χ4v) is 2.81. The van der Waals surface area contributed by atoms with Crippen LogP contribution in [-0.2, 0) is 11.3 Å². The van der Waals surface area contributed by atoms with E-state index in [1.165, 1.54) is 6.33 Å². The largest absolute Gasteiger partial charge is 0.352 e. The molecule has 6 heteroatoms. The Hall–Kier alpha value is -2.21. The Labute approximate surface area is 129 Å². The molecule has 2 heterocycles. The van der Waals surface area contributed by atoms with Gasteiger partial charge < -0.3 is 10.6 Å². The van der Waals surface area contributed by atoms with Crippen molar-refractivity contribution >= 4 is 5.91 Å². The first kappa shape index (κ1) is 14.7. The van der Waals surface area contributed by atoms with Crippen LogP contribution < -0.4 is 10.6 Å². The molecule has 2 atom stereocenters. The summed E-state index contributed by atoms with van der Waals surface area (Å²) in [5.74, 6) is 0.291. The van der Waals surface area contributed by atoms with Gasteiger partial charge in [0.25, 0.3) is 0 Å². The lowest BCUT2D eigenvalue weighted by Crippen LogP contribution is -2.42. The highest BCUT2D eigenvalue weighted by atomic mass is 16.1. The van der Waals surface area contributed by atoms with E-state index in [1.807, 2.05) is 24.3 Å². The Morgan fingerprint density at radius 1 is 1.41 bits per heavy atom. The summed E-state index contributed by atoms with van der Waals surface area (Å²) >= 11 is 0. The van der Waals surface area contributed by atoms with E-state index in [0.717, 1.165) is 30.6 Å². The monoisotopic (exact) mass is 299 g/mol. The number of hydrogen-bond acceptors (Lipinski definition) is 4. The first-order valence-corrected chi connectivity index (χ1v) is 7.67. The normalized spacial score (nSPS) is 21.5. The molecular formula is C16H21N5O. The molecule has 2 N–H and O–H groups in total. The number of hydrogen-bond donors (Lipinski definition) is 2. The van der Waals surface area contributed by atoms with Crippen molar-refractivity contribution in [3.05, 3.63) is 42.5 Å². The van der Waals surface area contributed by atoms with Crippen molar-refractivity contribution in [1.82, 2.24) is 25.4 Å². The second-order valence-electron chi connectivity index (χ2n) is 5.80. The number of piperidine rings is 1. The van der Waals surface area contributed by atoms with Gasteiger partial charge in [-0.05, 0) is 44.0 Å². The first-order chi connectivity index (χ1) is 10.7. The number of rotatable bonds is 4. The Morgan fingerprint density at radius 2 is 2.23 bits per heavy atom. The highest BCUT2D eigenvalue weighted by molar-refractivity contribution is 5.78. The molecule has 1 aliphatic heterocycles. The van der Waals surface area contributed by atoms with E-state index in [2.05, 4.69) is 27.6 Å². The third kappa shape index (κ3) is 3.51. The summed E-state index contributed by atoms with van der Waals surface area (Å²) < 4.78 is 1.71. The van der Waals surface area contributed by atoms with Crippen molar-refractivity contribution in [2.75, 3.05) is 6.54 Å². The third-order valence-electron chi connectivity index (χ3n) is 4.08. The van der Waals surface area contributed by atoms with E-state index in [-0.39, 0.29) is 11.8 Å². The number of carbonyl (C=O) groups is 1. The molecule has 2 aromatic rings. The summed E-state index contributed by atoms with van der Waals surface area (Å²) in [6, 6.07) is 8.38. The number of amides is 1. The van der Waals surface area contributed by atoms with Crippen molar-refractivity contribution in [1.29, 1.82) is 0 Å². The van der Waals surface area contributed by atoms with E-state index >= 15 is 0 Å². The van der Waals surface area contributed by atoms with Gasteiger partial charge in [0.2, 0.25) is 5.91 Å². The second kappa shape index (κ2) is 6.70. The van der Waals surface area contributed by atoms with Crippen LogP contribution >= 0.6 is 0 Å². The summed E-state index contributed by atoms with van der Waals surface area (Å²) in [4.78, 5) is 16.1. The highest BCUT2D eigenvalue weighted by Gasteiger charge is 2.24. The average molecular weight is 299 g/mol. The second-order valence-corrected chi connectivity index (χ2v) is 5.80. The maximum absolute atomic E-state index is 12.2. The van der Waals surface area contributed by atoms with Crippen LogP contribution in [0.5, 0.6) is 0 Å². The summed E-state index contributed by atoms with van der Waals surface area (Å²) in [5, 5.41) is 10.5. The van der Waals surface area contributed by atoms with Crippen LogP contribution in [0.1, 0.15) is 25.3 Å². The van der Waals surface area contributed by atoms with Gasteiger partial charge in [-0.3, -0.25) is 4.79 Å². The standard InChI is InChI=1S/C16H21N5O/c1-12-8-14(6-7-18-12)16(22)19-9-13-2-4-15(5-3-13)21-11-17-10-20-21/h2-5,10-12,14,18H,6-9H2,1H3,(H,19,22)/t12-,14-/m0/s1. The van der Waals surface area contributed by atoms with Gasteiger partial charge in [0.15, 0.2) is 0 Å². The van der Waals surface area contributed by atoms with Gasteiger partial charge >= 0.3 is 0 Å². The maximum atomic E-state index is 12.2. The fourth-order valence-electron chi connectivity index (χ4n) is 2.81. The molecule has 1 aliphatic rings. The molecule has 3 rings (SSSR count). The van der Waals surface area contributed by atoms with Crippen LogP contribution in [0.4, 0.5) is 0 Å². The molecule has 0 radical (unpaired) electrons. The summed E-state index contributed by atoms with van der Waals surface area (Å²) in [5.41, 5.74) is 2.04. The first-order valence-electron chi connectivity index (χ1n) is 7.67. The lowest BCUT2D eigenvalue weighted by molar-refractivity contribution is -0.126. The van der Waals surface area contributed by atoms with Crippen molar-refractivity contribution in [3.8, 4) is 5.69 Å². The minimum absolute atomic E-state index is 0.130. The van der Waals surface area contributed by atoms with Crippen LogP contribution in [0.3, 0.4) is 0 Å². The molecule has 116 valence electrons.